The highest BCUT2D eigenvalue weighted by Crippen LogP contribution is 2.26. The van der Waals surface area contributed by atoms with Gasteiger partial charge in [-0.1, -0.05) is 12.1 Å². The smallest absolute Gasteiger partial charge is 0.255 e. The second kappa shape index (κ2) is 3.99. The molecule has 0 aliphatic rings. The molecule has 6 nitrogen and oxygen atoms in total. The van der Waals surface area contributed by atoms with Crippen molar-refractivity contribution in [3.63, 3.8) is 0 Å². The molecule has 0 saturated heterocycles. The molecule has 0 unspecified atom stereocenters. The zero-order valence-electron chi connectivity index (χ0n) is 9.74. The van der Waals surface area contributed by atoms with E-state index >= 15 is 0 Å². The Hall–Kier alpha value is -2.63. The first-order valence-electron chi connectivity index (χ1n) is 5.44. The summed E-state index contributed by atoms with van der Waals surface area (Å²) in [6.45, 7) is 1.87. The number of nitrogens with zero attached hydrogens (tertiary/aromatic N) is 4. The third-order valence-electron chi connectivity index (χ3n) is 2.48. The quantitative estimate of drug-likeness (QED) is 0.692. The number of aryl methyl sites for hydroxylation is 1. The van der Waals surface area contributed by atoms with Crippen LogP contribution in [0.15, 0.2) is 36.7 Å². The number of anilines is 1. The Morgan fingerprint density at radius 3 is 2.94 bits per heavy atom. The zero-order chi connectivity index (χ0) is 12.5. The van der Waals surface area contributed by atoms with E-state index in [1.54, 1.807) is 18.2 Å². The van der Waals surface area contributed by atoms with E-state index in [0.29, 0.717) is 23.1 Å². The maximum Gasteiger partial charge on any atom is 0.255 e. The van der Waals surface area contributed by atoms with E-state index in [2.05, 4.69) is 15.1 Å². The second-order valence-corrected chi connectivity index (χ2v) is 3.85. The van der Waals surface area contributed by atoms with E-state index < -0.39 is 0 Å². The lowest BCUT2D eigenvalue weighted by atomic mass is 10.3. The summed E-state index contributed by atoms with van der Waals surface area (Å²) in [7, 11) is 0. The van der Waals surface area contributed by atoms with E-state index in [1.165, 1.54) is 10.8 Å². The van der Waals surface area contributed by atoms with Gasteiger partial charge in [-0.2, -0.15) is 14.6 Å². The minimum absolute atomic E-state index is 0.500. The largest absolute Gasteiger partial charge is 0.437 e. The van der Waals surface area contributed by atoms with E-state index in [1.807, 2.05) is 19.1 Å². The van der Waals surface area contributed by atoms with Crippen molar-refractivity contribution in [1.82, 2.24) is 19.6 Å². The summed E-state index contributed by atoms with van der Waals surface area (Å²) < 4.78 is 7.28. The van der Waals surface area contributed by atoms with Crippen LogP contribution in [-0.4, -0.2) is 19.6 Å². The Balaban J connectivity index is 2.10. The molecule has 18 heavy (non-hydrogen) atoms. The van der Waals surface area contributed by atoms with Crippen LogP contribution in [0.3, 0.4) is 0 Å². The van der Waals surface area contributed by atoms with Gasteiger partial charge in [0, 0.05) is 11.8 Å². The SMILES string of the molecule is Cc1cc(Oc2ccccc2N)n2ncnc2n1. The lowest BCUT2D eigenvalue weighted by Gasteiger charge is -2.09. The van der Waals surface area contributed by atoms with Crippen LogP contribution in [0.5, 0.6) is 11.6 Å². The average Bonchev–Trinajstić information content (AvgIpc) is 2.80. The van der Waals surface area contributed by atoms with Gasteiger partial charge in [0.25, 0.3) is 5.78 Å². The number of nitrogen functional groups attached to an aromatic ring is 1. The molecule has 2 aromatic heterocycles. The molecular formula is C12H11N5O. The first kappa shape index (κ1) is 10.5. The molecule has 0 aliphatic carbocycles. The van der Waals surface area contributed by atoms with Crippen LogP contribution in [0.2, 0.25) is 0 Å². The fourth-order valence-electron chi connectivity index (χ4n) is 1.66. The van der Waals surface area contributed by atoms with Crippen molar-refractivity contribution >= 4 is 11.5 Å². The van der Waals surface area contributed by atoms with E-state index in [-0.39, 0.29) is 0 Å². The van der Waals surface area contributed by atoms with E-state index in [0.717, 1.165) is 5.69 Å². The minimum Gasteiger partial charge on any atom is -0.437 e. The highest BCUT2D eigenvalue weighted by molar-refractivity contribution is 5.53. The predicted molar refractivity (Wildman–Crippen MR) is 66.4 cm³/mol. The van der Waals surface area contributed by atoms with Crippen molar-refractivity contribution < 1.29 is 4.74 Å². The molecule has 0 saturated carbocycles. The van der Waals surface area contributed by atoms with Crippen molar-refractivity contribution in [3.8, 4) is 11.6 Å². The molecule has 0 radical (unpaired) electrons. The summed E-state index contributed by atoms with van der Waals surface area (Å²) in [4.78, 5) is 8.27. The number of benzene rings is 1. The van der Waals surface area contributed by atoms with Crippen molar-refractivity contribution in [2.45, 2.75) is 6.92 Å². The van der Waals surface area contributed by atoms with Gasteiger partial charge in [0.15, 0.2) is 5.75 Å². The molecule has 90 valence electrons. The average molecular weight is 241 g/mol. The fraction of sp³-hybridized carbons (Fsp3) is 0.0833. The molecule has 1 aromatic carbocycles. The number of rotatable bonds is 2. The Morgan fingerprint density at radius 1 is 1.28 bits per heavy atom. The molecule has 0 bridgehead atoms. The first-order chi connectivity index (χ1) is 8.74. The molecule has 0 aliphatic heterocycles. The highest BCUT2D eigenvalue weighted by Gasteiger charge is 2.08. The van der Waals surface area contributed by atoms with Crippen molar-refractivity contribution in [2.75, 3.05) is 5.73 Å². The summed E-state index contributed by atoms with van der Waals surface area (Å²) in [5, 5.41) is 4.06. The van der Waals surface area contributed by atoms with Gasteiger partial charge in [0.05, 0.1) is 5.69 Å². The topological polar surface area (TPSA) is 78.3 Å². The van der Waals surface area contributed by atoms with E-state index in [9.17, 15) is 0 Å². The molecule has 0 fully saturated rings. The Kier molecular flexibility index (Phi) is 2.33. The van der Waals surface area contributed by atoms with Crippen LogP contribution < -0.4 is 10.5 Å². The molecular weight excluding hydrogens is 230 g/mol. The monoisotopic (exact) mass is 241 g/mol. The summed E-state index contributed by atoms with van der Waals surface area (Å²) >= 11 is 0. The third kappa shape index (κ3) is 1.73. The lowest BCUT2D eigenvalue weighted by Crippen LogP contribution is -2.00. The Morgan fingerprint density at radius 2 is 2.11 bits per heavy atom. The maximum atomic E-state index is 5.84. The lowest BCUT2D eigenvalue weighted by molar-refractivity contribution is 0.447. The van der Waals surface area contributed by atoms with Gasteiger partial charge in [0.1, 0.15) is 6.33 Å². The van der Waals surface area contributed by atoms with Gasteiger partial charge < -0.3 is 10.5 Å². The van der Waals surface area contributed by atoms with Gasteiger partial charge in [-0.15, -0.1) is 0 Å². The van der Waals surface area contributed by atoms with Gasteiger partial charge in [0.2, 0.25) is 5.88 Å². The molecule has 2 heterocycles. The van der Waals surface area contributed by atoms with Crippen LogP contribution in [0.25, 0.3) is 5.78 Å². The van der Waals surface area contributed by atoms with Crippen molar-refractivity contribution in [2.24, 2.45) is 0 Å². The number of ether oxygens (including phenoxy) is 1. The fourth-order valence-corrected chi connectivity index (χ4v) is 1.66. The summed E-state index contributed by atoms with van der Waals surface area (Å²) in [5.41, 5.74) is 7.22. The van der Waals surface area contributed by atoms with Gasteiger partial charge in [-0.25, -0.2) is 4.98 Å². The van der Waals surface area contributed by atoms with Gasteiger partial charge in [-0.3, -0.25) is 0 Å². The molecule has 0 atom stereocenters. The molecule has 3 aromatic rings. The van der Waals surface area contributed by atoms with Crippen LogP contribution in [0.1, 0.15) is 5.69 Å². The number of hydrogen-bond donors (Lipinski definition) is 1. The molecule has 0 spiro atoms. The molecule has 3 rings (SSSR count). The molecule has 0 amide bonds. The maximum absolute atomic E-state index is 5.84. The normalized spacial score (nSPS) is 10.7. The van der Waals surface area contributed by atoms with Gasteiger partial charge in [-0.05, 0) is 19.1 Å². The highest BCUT2D eigenvalue weighted by atomic mass is 16.5. The van der Waals surface area contributed by atoms with Crippen LogP contribution >= 0.6 is 0 Å². The predicted octanol–water partition coefficient (Wildman–Crippen LogP) is 1.81. The number of para-hydroxylation sites is 2. The Bertz CT molecular complexity index is 707. The van der Waals surface area contributed by atoms with Crippen LogP contribution in [0, 0.1) is 6.92 Å². The zero-order valence-corrected chi connectivity index (χ0v) is 9.74. The number of aromatic nitrogens is 4. The number of nitrogens with two attached hydrogens (primary N) is 1. The standard InChI is InChI=1S/C12H11N5O/c1-8-6-11(17-12(16-8)14-7-15-17)18-10-5-3-2-4-9(10)13/h2-7H,13H2,1H3. The van der Waals surface area contributed by atoms with Gasteiger partial charge >= 0.3 is 0 Å². The van der Waals surface area contributed by atoms with Crippen molar-refractivity contribution in [3.05, 3.63) is 42.4 Å². The number of fused-ring (bicyclic) bond motifs is 1. The number of hydrogen-bond acceptors (Lipinski definition) is 5. The second-order valence-electron chi connectivity index (χ2n) is 3.85. The van der Waals surface area contributed by atoms with Crippen LogP contribution in [-0.2, 0) is 0 Å². The Labute approximate surface area is 103 Å². The third-order valence-corrected chi connectivity index (χ3v) is 2.48. The summed E-state index contributed by atoms with van der Waals surface area (Å²) in [5.74, 6) is 1.62. The first-order valence-corrected chi connectivity index (χ1v) is 5.44. The van der Waals surface area contributed by atoms with Crippen LogP contribution in [0.4, 0.5) is 5.69 Å². The molecule has 6 heteroatoms. The summed E-state index contributed by atoms with van der Waals surface area (Å²) in [6.07, 6.45) is 1.43. The molecule has 2 N–H and O–H groups in total. The summed E-state index contributed by atoms with van der Waals surface area (Å²) in [6, 6.07) is 9.08. The van der Waals surface area contributed by atoms with Crippen molar-refractivity contribution in [1.29, 1.82) is 0 Å². The minimum atomic E-state index is 0.500. The van der Waals surface area contributed by atoms with E-state index in [4.69, 9.17) is 10.5 Å².